The molecule has 4 aliphatic rings. The van der Waals surface area contributed by atoms with Crippen molar-refractivity contribution in [1.29, 1.82) is 0 Å². The molecule has 0 unspecified atom stereocenters. The summed E-state index contributed by atoms with van der Waals surface area (Å²) >= 11 is 0. The van der Waals surface area contributed by atoms with Crippen molar-refractivity contribution >= 4 is 28.8 Å². The number of fused-ring (bicyclic) bond motifs is 2. The Hall–Kier alpha value is -3.72. The highest BCUT2D eigenvalue weighted by molar-refractivity contribution is 6.05. The molecule has 2 saturated heterocycles. The number of benzene rings is 1. The number of pyridine rings is 1. The molecule has 3 fully saturated rings. The zero-order valence-electron chi connectivity index (χ0n) is 21.2. The van der Waals surface area contributed by atoms with Crippen molar-refractivity contribution in [3.63, 3.8) is 0 Å². The number of carbonyl (C=O) groups is 3. The maximum absolute atomic E-state index is 13.0. The molecule has 9 nitrogen and oxygen atoms in total. The number of ether oxygens (including phenoxy) is 1. The second-order valence-corrected chi connectivity index (χ2v) is 11.0. The van der Waals surface area contributed by atoms with Gasteiger partial charge in [0.1, 0.15) is 23.5 Å². The monoisotopic (exact) mass is 513 g/mol. The highest BCUT2D eigenvalue weighted by Gasteiger charge is 2.41. The number of hydrogen-bond acceptors (Lipinski definition) is 6. The second-order valence-electron chi connectivity index (χ2n) is 11.0. The number of H-pyrrole nitrogens is 1. The SMILES string of the molecule is O=C1CC[C@@H](N2Cc3cc(O[C@H]4CCCC[C@@H]4N4CC(c5ccnc6[nH]ccc56)C4)ccc3C2=O)C(=O)N1. The summed E-state index contributed by atoms with van der Waals surface area (Å²) in [5.74, 6) is 0.457. The van der Waals surface area contributed by atoms with Gasteiger partial charge in [0, 0.05) is 61.4 Å². The van der Waals surface area contributed by atoms with Crippen LogP contribution >= 0.6 is 0 Å². The Labute approximate surface area is 220 Å². The first-order valence-corrected chi connectivity index (χ1v) is 13.7. The molecule has 3 atom stereocenters. The average Bonchev–Trinajstić information content (AvgIpc) is 3.49. The van der Waals surface area contributed by atoms with Gasteiger partial charge in [-0.1, -0.05) is 6.42 Å². The van der Waals surface area contributed by atoms with Crippen LogP contribution in [0.25, 0.3) is 11.0 Å². The number of hydrogen-bond donors (Lipinski definition) is 2. The maximum Gasteiger partial charge on any atom is 0.255 e. The minimum absolute atomic E-state index is 0.107. The lowest BCUT2D eigenvalue weighted by Crippen LogP contribution is -2.57. The summed E-state index contributed by atoms with van der Waals surface area (Å²) in [5.41, 5.74) is 3.80. The van der Waals surface area contributed by atoms with Crippen LogP contribution in [0.3, 0.4) is 0 Å². The Morgan fingerprint density at radius 3 is 2.74 bits per heavy atom. The van der Waals surface area contributed by atoms with Gasteiger partial charge in [-0.2, -0.15) is 0 Å². The summed E-state index contributed by atoms with van der Waals surface area (Å²) in [7, 11) is 0. The van der Waals surface area contributed by atoms with Crippen LogP contribution < -0.4 is 10.1 Å². The Bertz CT molecular complexity index is 1430. The Morgan fingerprint density at radius 2 is 1.87 bits per heavy atom. The van der Waals surface area contributed by atoms with Crippen LogP contribution in [-0.2, 0) is 16.1 Å². The predicted molar refractivity (Wildman–Crippen MR) is 140 cm³/mol. The van der Waals surface area contributed by atoms with Crippen LogP contribution in [0.4, 0.5) is 0 Å². The zero-order valence-corrected chi connectivity index (χ0v) is 21.2. The molecular formula is C29H31N5O4. The molecular weight excluding hydrogens is 482 g/mol. The number of amides is 3. The van der Waals surface area contributed by atoms with E-state index >= 15 is 0 Å². The molecule has 9 heteroatoms. The lowest BCUT2D eigenvalue weighted by Gasteiger charge is -2.48. The van der Waals surface area contributed by atoms with Crippen LogP contribution in [0.15, 0.2) is 42.7 Å². The fraction of sp³-hybridized carbons (Fsp3) is 0.448. The quantitative estimate of drug-likeness (QED) is 0.508. The van der Waals surface area contributed by atoms with Crippen molar-refractivity contribution in [2.45, 2.75) is 69.2 Å². The van der Waals surface area contributed by atoms with E-state index in [2.05, 4.69) is 32.3 Å². The Balaban J connectivity index is 1.03. The van der Waals surface area contributed by atoms with E-state index in [9.17, 15) is 14.4 Å². The third kappa shape index (κ3) is 3.96. The molecule has 0 spiro atoms. The molecule has 1 saturated carbocycles. The fourth-order valence-corrected chi connectivity index (χ4v) is 6.75. The molecule has 1 aliphatic carbocycles. The fourth-order valence-electron chi connectivity index (χ4n) is 6.75. The molecule has 2 aromatic heterocycles. The van der Waals surface area contributed by atoms with E-state index in [1.165, 1.54) is 17.4 Å². The first-order valence-electron chi connectivity index (χ1n) is 13.7. The van der Waals surface area contributed by atoms with Gasteiger partial charge in [0.2, 0.25) is 11.8 Å². The summed E-state index contributed by atoms with van der Waals surface area (Å²) in [5, 5.41) is 3.58. The van der Waals surface area contributed by atoms with Crippen molar-refractivity contribution in [3.05, 3.63) is 59.4 Å². The number of nitrogens with zero attached hydrogens (tertiary/aromatic N) is 3. The van der Waals surface area contributed by atoms with Crippen molar-refractivity contribution in [3.8, 4) is 5.75 Å². The largest absolute Gasteiger partial charge is 0.489 e. The van der Waals surface area contributed by atoms with Gasteiger partial charge in [0.15, 0.2) is 0 Å². The van der Waals surface area contributed by atoms with E-state index in [1.54, 1.807) is 4.90 Å². The number of carbonyl (C=O) groups excluding carboxylic acids is 3. The number of rotatable bonds is 5. The molecule has 7 rings (SSSR count). The van der Waals surface area contributed by atoms with Crippen LogP contribution in [-0.4, -0.2) is 68.8 Å². The molecule has 5 heterocycles. The van der Waals surface area contributed by atoms with E-state index in [4.69, 9.17) is 4.74 Å². The Morgan fingerprint density at radius 1 is 1.00 bits per heavy atom. The second kappa shape index (κ2) is 9.23. The molecule has 3 aromatic rings. The maximum atomic E-state index is 13.0. The number of aromatic nitrogens is 2. The highest BCUT2D eigenvalue weighted by Crippen LogP contribution is 2.38. The van der Waals surface area contributed by atoms with E-state index in [0.29, 0.717) is 30.5 Å². The third-order valence-corrected chi connectivity index (χ3v) is 8.76. The molecule has 0 bridgehead atoms. The predicted octanol–water partition coefficient (Wildman–Crippen LogP) is 3.11. The normalized spacial score (nSPS) is 26.4. The summed E-state index contributed by atoms with van der Waals surface area (Å²) in [6.45, 7) is 2.40. The van der Waals surface area contributed by atoms with Gasteiger partial charge in [0.05, 0.1) is 0 Å². The average molecular weight is 514 g/mol. The minimum atomic E-state index is -0.605. The van der Waals surface area contributed by atoms with Crippen LogP contribution in [0.1, 0.15) is 65.9 Å². The van der Waals surface area contributed by atoms with E-state index < -0.39 is 6.04 Å². The lowest BCUT2D eigenvalue weighted by atomic mass is 9.84. The standard InChI is InChI=1S/C29H31N5O4/c35-26-8-7-24(28(36)32-26)34-16-17-13-19(5-6-21(17)29(34)37)38-25-4-2-1-3-23(25)33-14-18(15-33)20-9-11-30-27-22(20)10-12-31-27/h5-6,9-13,18,23-25H,1-4,7-8,14-16H2,(H,30,31)(H,32,35,36)/t23-,24+,25-/m0/s1. The third-order valence-electron chi connectivity index (χ3n) is 8.76. The van der Waals surface area contributed by atoms with E-state index in [1.807, 2.05) is 30.6 Å². The molecule has 38 heavy (non-hydrogen) atoms. The van der Waals surface area contributed by atoms with E-state index in [-0.39, 0.29) is 30.2 Å². The molecule has 2 N–H and O–H groups in total. The van der Waals surface area contributed by atoms with Crippen molar-refractivity contribution < 1.29 is 19.1 Å². The van der Waals surface area contributed by atoms with Crippen molar-refractivity contribution in [1.82, 2.24) is 25.1 Å². The van der Waals surface area contributed by atoms with Gasteiger partial charge in [-0.15, -0.1) is 0 Å². The number of likely N-dealkylation sites (tertiary alicyclic amines) is 1. The van der Waals surface area contributed by atoms with Crippen LogP contribution in [0.5, 0.6) is 5.75 Å². The first-order chi connectivity index (χ1) is 18.5. The van der Waals surface area contributed by atoms with Crippen molar-refractivity contribution in [2.75, 3.05) is 13.1 Å². The summed E-state index contributed by atoms with van der Waals surface area (Å²) in [4.78, 5) is 48.7. The van der Waals surface area contributed by atoms with Gasteiger partial charge in [-0.25, -0.2) is 4.98 Å². The number of imide groups is 1. The summed E-state index contributed by atoms with van der Waals surface area (Å²) in [6, 6.07) is 9.70. The van der Waals surface area contributed by atoms with Crippen LogP contribution in [0, 0.1) is 0 Å². The van der Waals surface area contributed by atoms with Crippen LogP contribution in [0.2, 0.25) is 0 Å². The Kier molecular flexibility index (Phi) is 5.69. The summed E-state index contributed by atoms with van der Waals surface area (Å²) in [6.07, 6.45) is 9.08. The molecule has 3 amide bonds. The number of piperidine rings is 1. The molecule has 196 valence electrons. The van der Waals surface area contributed by atoms with Crippen molar-refractivity contribution in [2.24, 2.45) is 0 Å². The molecule has 1 aromatic carbocycles. The minimum Gasteiger partial charge on any atom is -0.489 e. The number of nitrogens with one attached hydrogen (secondary N) is 2. The first kappa shape index (κ1) is 23.4. The van der Waals surface area contributed by atoms with Gasteiger partial charge < -0.3 is 14.6 Å². The van der Waals surface area contributed by atoms with Gasteiger partial charge in [-0.3, -0.25) is 24.6 Å². The lowest BCUT2D eigenvalue weighted by molar-refractivity contribution is -0.136. The topological polar surface area (TPSA) is 108 Å². The molecule has 3 aliphatic heterocycles. The van der Waals surface area contributed by atoms with Gasteiger partial charge in [0.25, 0.3) is 5.91 Å². The molecule has 0 radical (unpaired) electrons. The summed E-state index contributed by atoms with van der Waals surface area (Å²) < 4.78 is 6.59. The van der Waals surface area contributed by atoms with Gasteiger partial charge in [-0.05, 0) is 67.1 Å². The van der Waals surface area contributed by atoms with Gasteiger partial charge >= 0.3 is 0 Å². The smallest absolute Gasteiger partial charge is 0.255 e. The number of aromatic amines is 1. The van der Waals surface area contributed by atoms with E-state index in [0.717, 1.165) is 49.3 Å². The zero-order chi connectivity index (χ0) is 25.8. The highest BCUT2D eigenvalue weighted by atomic mass is 16.5.